The maximum absolute atomic E-state index is 13.7. The first-order chi connectivity index (χ1) is 20.7. The normalized spacial score (nSPS) is 16.5. The molecule has 7 N–H and O–H groups in total. The van der Waals surface area contributed by atoms with Crippen LogP contribution in [0.25, 0.3) is 0 Å². The summed E-state index contributed by atoms with van der Waals surface area (Å²) in [6.45, 7) is 3.62. The highest BCUT2D eigenvalue weighted by Crippen LogP contribution is 2.50. The smallest absolute Gasteiger partial charge is 0.252 e. The zero-order valence-electron chi connectivity index (χ0n) is 24.6. The number of benzene rings is 2. The van der Waals surface area contributed by atoms with Gasteiger partial charge >= 0.3 is 0 Å². The Hall–Kier alpha value is -3.68. The Kier molecular flexibility index (Phi) is 11.4. The quantitative estimate of drug-likeness (QED) is 0.153. The molecule has 2 atom stereocenters. The van der Waals surface area contributed by atoms with Gasteiger partial charge in [0.1, 0.15) is 0 Å². The fourth-order valence-electron chi connectivity index (χ4n) is 5.06. The van der Waals surface area contributed by atoms with E-state index in [0.717, 1.165) is 24.0 Å². The van der Waals surface area contributed by atoms with E-state index < -0.39 is 22.9 Å². The van der Waals surface area contributed by atoms with Crippen LogP contribution < -0.4 is 25.6 Å². The summed E-state index contributed by atoms with van der Waals surface area (Å²) in [6, 6.07) is 16.0. The molecule has 11 nitrogen and oxygen atoms in total. The summed E-state index contributed by atoms with van der Waals surface area (Å²) >= 11 is 0. The molecule has 2 heterocycles. The Morgan fingerprint density at radius 3 is 2.51 bits per heavy atom. The average Bonchev–Trinajstić information content (AvgIpc) is 3.00. The number of carbonyl (C=O) groups excluding carboxylic acids is 2. The summed E-state index contributed by atoms with van der Waals surface area (Å²) in [5, 5.41) is 23.3. The Morgan fingerprint density at radius 1 is 1.00 bits per heavy atom. The van der Waals surface area contributed by atoms with Crippen molar-refractivity contribution in [3.8, 4) is 0 Å². The minimum absolute atomic E-state index is 0.180. The number of aliphatic hydroxyl groups excluding tert-OH is 1. The van der Waals surface area contributed by atoms with Gasteiger partial charge in [-0.3, -0.25) is 28.0 Å². The third-order valence-corrected chi connectivity index (χ3v) is 9.21. The maximum Gasteiger partial charge on any atom is 0.252 e. The molecule has 1 saturated heterocycles. The van der Waals surface area contributed by atoms with Crippen LogP contribution in [0.4, 0.5) is 11.4 Å². The zero-order valence-corrected chi connectivity index (χ0v) is 25.4. The molecule has 0 radical (unpaired) electrons. The molecule has 0 unspecified atom stereocenters. The number of amides is 2. The molecule has 1 aliphatic heterocycles. The highest BCUT2D eigenvalue weighted by atomic mass is 32.3. The molecule has 0 aliphatic carbocycles. The Bertz CT molecular complexity index is 1380. The molecular weight excluding hydrogens is 568 g/mol. The highest BCUT2D eigenvalue weighted by Gasteiger charge is 2.28. The topological polar surface area (TPSA) is 159 Å². The van der Waals surface area contributed by atoms with Crippen LogP contribution in [0.5, 0.6) is 0 Å². The van der Waals surface area contributed by atoms with Gasteiger partial charge in [-0.2, -0.15) is 0 Å². The second kappa shape index (κ2) is 15.2. The summed E-state index contributed by atoms with van der Waals surface area (Å²) < 4.78 is 23.0. The van der Waals surface area contributed by atoms with Crippen LogP contribution in [0, 0.1) is 0 Å². The van der Waals surface area contributed by atoms with Gasteiger partial charge in [0.25, 0.3) is 11.8 Å². The minimum Gasteiger partial charge on any atom is -0.390 e. The second-order valence-corrected chi connectivity index (χ2v) is 12.7. The van der Waals surface area contributed by atoms with E-state index in [4.69, 9.17) is 0 Å². The van der Waals surface area contributed by atoms with E-state index in [1.807, 2.05) is 43.3 Å². The number of carbonyl (C=O) groups is 2. The molecule has 1 fully saturated rings. The van der Waals surface area contributed by atoms with Crippen LogP contribution in [0.15, 0.2) is 67.0 Å². The number of pyridine rings is 1. The molecular formula is C31H42N6O5S. The van der Waals surface area contributed by atoms with Gasteiger partial charge in [0.2, 0.25) is 0 Å². The first kappa shape index (κ1) is 32.2. The standard InChI is InChI=1S/C31H42N6O5S/c1-3-35-26-15-24(16-27(17-26)37-11-7-8-12-43(37,41)42)31(40)36-28(14-22-9-5-4-6-10-22)29(38)21-34-19-23-13-25(20-33-18-23)30(39)32-2/h4-6,9-10,13,15-18,20,28-29,34-35,38,41-42H,3,7-8,11-12,14,19,21H2,1-2H3,(H,32,39)(H,36,40)/t28-,29+/m0/s1. The Morgan fingerprint density at radius 2 is 1.79 bits per heavy atom. The lowest BCUT2D eigenvalue weighted by Crippen LogP contribution is -2.48. The first-order valence-corrected chi connectivity index (χ1v) is 16.2. The molecule has 3 aromatic rings. The lowest BCUT2D eigenvalue weighted by molar-refractivity contribution is 0.0830. The van der Waals surface area contributed by atoms with Crippen molar-refractivity contribution in [2.45, 2.75) is 44.9 Å². The van der Waals surface area contributed by atoms with E-state index in [0.29, 0.717) is 54.3 Å². The molecule has 1 aliphatic rings. The Labute approximate surface area is 254 Å². The molecule has 0 saturated carbocycles. The number of hydrogen-bond donors (Lipinski definition) is 7. The predicted molar refractivity (Wildman–Crippen MR) is 172 cm³/mol. The predicted octanol–water partition coefficient (Wildman–Crippen LogP) is 3.63. The Balaban J connectivity index is 1.51. The van der Waals surface area contributed by atoms with Gasteiger partial charge in [-0.1, -0.05) is 30.3 Å². The van der Waals surface area contributed by atoms with Crippen molar-refractivity contribution in [1.82, 2.24) is 20.9 Å². The summed E-state index contributed by atoms with van der Waals surface area (Å²) in [5.74, 6) is -0.312. The van der Waals surface area contributed by atoms with Crippen molar-refractivity contribution in [1.29, 1.82) is 0 Å². The van der Waals surface area contributed by atoms with E-state index in [2.05, 4.69) is 26.3 Å². The molecule has 43 heavy (non-hydrogen) atoms. The summed E-state index contributed by atoms with van der Waals surface area (Å²) in [4.78, 5) is 29.7. The number of aliphatic hydroxyl groups is 1. The van der Waals surface area contributed by atoms with Crippen molar-refractivity contribution in [2.75, 3.05) is 42.1 Å². The van der Waals surface area contributed by atoms with Crippen LogP contribution in [0.1, 0.15) is 51.6 Å². The third kappa shape index (κ3) is 8.91. The van der Waals surface area contributed by atoms with E-state index in [-0.39, 0.29) is 18.4 Å². The van der Waals surface area contributed by atoms with Crippen molar-refractivity contribution in [3.05, 3.63) is 89.2 Å². The van der Waals surface area contributed by atoms with Gasteiger partial charge in [0.05, 0.1) is 29.1 Å². The third-order valence-electron chi connectivity index (χ3n) is 7.28. The molecule has 2 aromatic carbocycles. The molecule has 232 valence electrons. The van der Waals surface area contributed by atoms with Crippen LogP contribution >= 0.6 is 10.8 Å². The van der Waals surface area contributed by atoms with Gasteiger partial charge in [0, 0.05) is 56.9 Å². The van der Waals surface area contributed by atoms with Crippen molar-refractivity contribution >= 4 is 34.0 Å². The number of hydrogen-bond acceptors (Lipinski definition) is 9. The fourth-order valence-corrected chi connectivity index (χ4v) is 6.74. The fraction of sp³-hybridized carbons (Fsp3) is 0.387. The zero-order chi connectivity index (χ0) is 30.8. The number of anilines is 2. The summed E-state index contributed by atoms with van der Waals surface area (Å²) in [6.07, 6.45) is 4.17. The van der Waals surface area contributed by atoms with Gasteiger partial charge in [0.15, 0.2) is 0 Å². The van der Waals surface area contributed by atoms with Crippen molar-refractivity contribution in [3.63, 3.8) is 0 Å². The van der Waals surface area contributed by atoms with E-state index in [1.54, 1.807) is 35.7 Å². The van der Waals surface area contributed by atoms with Gasteiger partial charge < -0.3 is 26.4 Å². The molecule has 12 heteroatoms. The monoisotopic (exact) mass is 610 g/mol. The van der Waals surface area contributed by atoms with Crippen LogP contribution in [0.3, 0.4) is 0 Å². The molecule has 4 rings (SSSR count). The van der Waals surface area contributed by atoms with Crippen LogP contribution in [-0.4, -0.2) is 75.6 Å². The number of aromatic nitrogens is 1. The molecule has 0 bridgehead atoms. The maximum atomic E-state index is 13.7. The summed E-state index contributed by atoms with van der Waals surface area (Å²) in [5.41, 5.74) is 3.80. The SMILES string of the molecule is CCNc1cc(C(=O)N[C@@H](Cc2ccccc2)[C@H](O)CNCc2cncc(C(=O)NC)c2)cc(N2CCCCS2(O)O)c1. The second-order valence-electron chi connectivity index (χ2n) is 10.6. The minimum atomic E-state index is -2.97. The van der Waals surface area contributed by atoms with E-state index >= 15 is 0 Å². The average molecular weight is 611 g/mol. The number of nitrogens with one attached hydrogen (secondary N) is 4. The lowest BCUT2D eigenvalue weighted by Gasteiger charge is -2.47. The van der Waals surface area contributed by atoms with Crippen LogP contribution in [-0.2, 0) is 13.0 Å². The summed E-state index contributed by atoms with van der Waals surface area (Å²) in [7, 11) is -1.41. The molecule has 1 aromatic heterocycles. The number of nitrogens with zero attached hydrogens (tertiary/aromatic N) is 2. The van der Waals surface area contributed by atoms with Crippen LogP contribution in [0.2, 0.25) is 0 Å². The van der Waals surface area contributed by atoms with Crippen molar-refractivity contribution < 1.29 is 23.8 Å². The first-order valence-electron chi connectivity index (χ1n) is 14.5. The lowest BCUT2D eigenvalue weighted by atomic mass is 10.00. The van der Waals surface area contributed by atoms with Gasteiger partial charge in [-0.25, -0.2) is 0 Å². The van der Waals surface area contributed by atoms with E-state index in [9.17, 15) is 23.8 Å². The largest absolute Gasteiger partial charge is 0.390 e. The van der Waals surface area contributed by atoms with E-state index in [1.165, 1.54) is 6.20 Å². The molecule has 0 spiro atoms. The van der Waals surface area contributed by atoms with Gasteiger partial charge in [-0.05, 0) is 61.6 Å². The van der Waals surface area contributed by atoms with Crippen molar-refractivity contribution in [2.24, 2.45) is 0 Å². The highest BCUT2D eigenvalue weighted by molar-refractivity contribution is 8.25. The molecule has 2 amide bonds. The number of rotatable bonds is 13. The van der Waals surface area contributed by atoms with Gasteiger partial charge in [-0.15, -0.1) is 10.8 Å².